The van der Waals surface area contributed by atoms with Gasteiger partial charge in [-0.1, -0.05) is 34.8 Å². The molecule has 2 rings (SSSR count). The Morgan fingerprint density at radius 3 is 2.25 bits per heavy atom. The Morgan fingerprint density at radius 2 is 1.69 bits per heavy atom. The lowest BCUT2D eigenvalue weighted by Crippen LogP contribution is -1.96. The Hall–Kier alpha value is -0.900. The summed E-state index contributed by atoms with van der Waals surface area (Å²) < 4.78 is 0. The summed E-state index contributed by atoms with van der Waals surface area (Å²) >= 11 is 17.8. The third-order valence-corrected chi connectivity index (χ3v) is 3.04. The van der Waals surface area contributed by atoms with Crippen molar-refractivity contribution in [1.29, 1.82) is 0 Å². The van der Waals surface area contributed by atoms with Gasteiger partial charge in [-0.05, 0) is 19.1 Å². The van der Waals surface area contributed by atoms with Gasteiger partial charge < -0.3 is 0 Å². The van der Waals surface area contributed by atoms with E-state index in [0.717, 1.165) is 0 Å². The molecule has 0 atom stereocenters. The Bertz CT molecular complexity index is 520. The van der Waals surface area contributed by atoms with E-state index in [0.29, 0.717) is 32.4 Å². The lowest BCUT2D eigenvalue weighted by atomic mass is 10.3. The number of aromatic nitrogens is 3. The summed E-state index contributed by atoms with van der Waals surface area (Å²) in [6, 6.07) is 3.43. The van der Waals surface area contributed by atoms with Crippen molar-refractivity contribution < 1.29 is 0 Å². The first-order valence-electron chi connectivity index (χ1n) is 4.40. The highest BCUT2D eigenvalue weighted by Crippen LogP contribution is 2.27. The molecular weight excluding hydrogens is 268 g/mol. The largest absolute Gasteiger partial charge is 0.251 e. The van der Waals surface area contributed by atoms with Gasteiger partial charge in [0.2, 0.25) is 0 Å². The van der Waals surface area contributed by atoms with Crippen LogP contribution in [0.3, 0.4) is 0 Å². The first kappa shape index (κ1) is 11.6. The summed E-state index contributed by atoms with van der Waals surface area (Å²) in [5.41, 5.74) is 1.10. The summed E-state index contributed by atoms with van der Waals surface area (Å²) in [5.74, 6) is 0.325. The standard InChI is InChI=1S/C10H6Cl3N3/c1-5-8(12)15-10(16-9(5)13)7-6(11)3-2-4-14-7/h2-4H,1H3. The van der Waals surface area contributed by atoms with Gasteiger partial charge in [0.05, 0.1) is 5.02 Å². The van der Waals surface area contributed by atoms with E-state index in [2.05, 4.69) is 15.0 Å². The van der Waals surface area contributed by atoms with Gasteiger partial charge in [-0.25, -0.2) is 9.97 Å². The molecule has 16 heavy (non-hydrogen) atoms. The van der Waals surface area contributed by atoms with Crippen molar-refractivity contribution in [3.63, 3.8) is 0 Å². The fourth-order valence-corrected chi connectivity index (χ4v) is 1.71. The summed E-state index contributed by atoms with van der Waals surface area (Å²) in [4.78, 5) is 12.3. The Morgan fingerprint density at radius 1 is 1.06 bits per heavy atom. The number of nitrogens with zero attached hydrogens (tertiary/aromatic N) is 3. The smallest absolute Gasteiger partial charge is 0.182 e. The Kier molecular flexibility index (Phi) is 3.28. The Labute approximate surface area is 107 Å². The predicted octanol–water partition coefficient (Wildman–Crippen LogP) is 3.81. The van der Waals surface area contributed by atoms with Crippen LogP contribution in [0.2, 0.25) is 15.3 Å². The topological polar surface area (TPSA) is 38.7 Å². The van der Waals surface area contributed by atoms with Crippen molar-refractivity contribution in [2.24, 2.45) is 0 Å². The monoisotopic (exact) mass is 273 g/mol. The first-order chi connectivity index (χ1) is 7.59. The molecule has 0 fully saturated rings. The van der Waals surface area contributed by atoms with Gasteiger partial charge in [0, 0.05) is 11.8 Å². The fourth-order valence-electron chi connectivity index (χ4n) is 1.12. The second kappa shape index (κ2) is 4.53. The van der Waals surface area contributed by atoms with Gasteiger partial charge in [0.15, 0.2) is 5.82 Å². The van der Waals surface area contributed by atoms with Crippen molar-refractivity contribution in [2.75, 3.05) is 0 Å². The first-order valence-corrected chi connectivity index (χ1v) is 5.53. The van der Waals surface area contributed by atoms with E-state index in [4.69, 9.17) is 34.8 Å². The van der Waals surface area contributed by atoms with Crippen LogP contribution in [0.25, 0.3) is 11.5 Å². The second-order valence-corrected chi connectivity index (χ2v) is 4.21. The number of hydrogen-bond acceptors (Lipinski definition) is 3. The van der Waals surface area contributed by atoms with Gasteiger partial charge in [0.25, 0.3) is 0 Å². The predicted molar refractivity (Wildman–Crippen MR) is 65.0 cm³/mol. The maximum atomic E-state index is 5.97. The molecule has 2 heterocycles. The quantitative estimate of drug-likeness (QED) is 0.742. The molecule has 0 radical (unpaired) electrons. The van der Waals surface area contributed by atoms with Crippen molar-refractivity contribution in [3.05, 3.63) is 39.2 Å². The summed E-state index contributed by atoms with van der Waals surface area (Å²) in [6.45, 7) is 1.74. The van der Waals surface area contributed by atoms with Crippen LogP contribution in [0.5, 0.6) is 0 Å². The zero-order valence-corrected chi connectivity index (χ0v) is 10.5. The second-order valence-electron chi connectivity index (χ2n) is 3.09. The molecule has 3 nitrogen and oxygen atoms in total. The minimum atomic E-state index is 0.303. The molecule has 2 aromatic rings. The van der Waals surface area contributed by atoms with Crippen molar-refractivity contribution in [3.8, 4) is 11.5 Å². The molecule has 0 aliphatic carbocycles. The molecule has 0 aromatic carbocycles. The lowest BCUT2D eigenvalue weighted by Gasteiger charge is -2.04. The van der Waals surface area contributed by atoms with Gasteiger partial charge in [-0.2, -0.15) is 0 Å². The number of pyridine rings is 1. The zero-order valence-electron chi connectivity index (χ0n) is 8.21. The highest BCUT2D eigenvalue weighted by molar-refractivity contribution is 6.35. The van der Waals surface area contributed by atoms with Crippen LogP contribution in [0.15, 0.2) is 18.3 Å². The minimum absolute atomic E-state index is 0.303. The van der Waals surface area contributed by atoms with Crippen molar-refractivity contribution in [2.45, 2.75) is 6.92 Å². The van der Waals surface area contributed by atoms with E-state index >= 15 is 0 Å². The van der Waals surface area contributed by atoms with Crippen LogP contribution in [0, 0.1) is 6.92 Å². The maximum Gasteiger partial charge on any atom is 0.182 e. The molecule has 0 saturated heterocycles. The van der Waals surface area contributed by atoms with Gasteiger partial charge >= 0.3 is 0 Å². The van der Waals surface area contributed by atoms with Crippen molar-refractivity contribution in [1.82, 2.24) is 15.0 Å². The van der Waals surface area contributed by atoms with Crippen LogP contribution < -0.4 is 0 Å². The Balaban J connectivity index is 2.62. The molecule has 0 aliphatic heterocycles. The summed E-state index contributed by atoms with van der Waals surface area (Å²) in [6.07, 6.45) is 1.60. The maximum absolute atomic E-state index is 5.97. The van der Waals surface area contributed by atoms with E-state index in [-0.39, 0.29) is 0 Å². The number of halogens is 3. The molecule has 2 aromatic heterocycles. The van der Waals surface area contributed by atoms with Crippen molar-refractivity contribution >= 4 is 34.8 Å². The van der Waals surface area contributed by atoms with Gasteiger partial charge in [-0.15, -0.1) is 0 Å². The minimum Gasteiger partial charge on any atom is -0.251 e. The molecule has 0 spiro atoms. The third-order valence-electron chi connectivity index (χ3n) is 2.00. The SMILES string of the molecule is Cc1c(Cl)nc(-c2ncccc2Cl)nc1Cl. The van der Waals surface area contributed by atoms with E-state index in [1.807, 2.05) is 0 Å². The molecule has 82 valence electrons. The molecule has 0 unspecified atom stereocenters. The number of rotatable bonds is 1. The summed E-state index contributed by atoms with van der Waals surface area (Å²) in [7, 11) is 0. The fraction of sp³-hybridized carbons (Fsp3) is 0.100. The highest BCUT2D eigenvalue weighted by atomic mass is 35.5. The van der Waals surface area contributed by atoms with Crippen LogP contribution in [-0.4, -0.2) is 15.0 Å². The highest BCUT2D eigenvalue weighted by Gasteiger charge is 2.12. The lowest BCUT2D eigenvalue weighted by molar-refractivity contribution is 1.11. The average molecular weight is 275 g/mol. The van der Waals surface area contributed by atoms with Gasteiger partial charge in [0.1, 0.15) is 16.0 Å². The molecule has 0 bridgehead atoms. The van der Waals surface area contributed by atoms with Crippen LogP contribution in [0.4, 0.5) is 0 Å². The van der Waals surface area contributed by atoms with Crippen LogP contribution in [-0.2, 0) is 0 Å². The third kappa shape index (κ3) is 2.12. The summed E-state index contributed by atoms with van der Waals surface area (Å²) in [5, 5.41) is 1.06. The molecule has 0 amide bonds. The van der Waals surface area contributed by atoms with Crippen LogP contribution in [0.1, 0.15) is 5.56 Å². The van der Waals surface area contributed by atoms with E-state index in [1.54, 1.807) is 25.3 Å². The molecule has 0 saturated carbocycles. The molecule has 0 aliphatic rings. The molecule has 6 heteroatoms. The zero-order chi connectivity index (χ0) is 11.7. The van der Waals surface area contributed by atoms with E-state index < -0.39 is 0 Å². The normalized spacial score (nSPS) is 10.5. The van der Waals surface area contributed by atoms with E-state index in [9.17, 15) is 0 Å². The van der Waals surface area contributed by atoms with Crippen LogP contribution >= 0.6 is 34.8 Å². The van der Waals surface area contributed by atoms with Gasteiger partial charge in [-0.3, -0.25) is 4.98 Å². The van der Waals surface area contributed by atoms with E-state index in [1.165, 1.54) is 0 Å². The average Bonchev–Trinajstić information content (AvgIpc) is 2.26. The molecular formula is C10H6Cl3N3. The molecule has 0 N–H and O–H groups in total. The number of hydrogen-bond donors (Lipinski definition) is 0.